The number of carbonyl (C=O) groups is 1. The second-order valence-electron chi connectivity index (χ2n) is 5.02. The molecular formula is C17H28N2O3. The number of benzene rings is 1. The van der Waals surface area contributed by atoms with Gasteiger partial charge in [-0.25, -0.2) is 4.79 Å². The van der Waals surface area contributed by atoms with E-state index in [1.165, 1.54) is 0 Å². The van der Waals surface area contributed by atoms with Crippen LogP contribution in [0.4, 0.5) is 10.5 Å². The van der Waals surface area contributed by atoms with Crippen molar-refractivity contribution in [1.82, 2.24) is 4.90 Å². The quantitative estimate of drug-likeness (QED) is 0.669. The molecule has 5 heteroatoms. The van der Waals surface area contributed by atoms with E-state index in [1.807, 2.05) is 18.2 Å². The van der Waals surface area contributed by atoms with E-state index in [0.29, 0.717) is 18.9 Å². The molecule has 0 saturated carbocycles. The molecular weight excluding hydrogens is 280 g/mol. The maximum absolute atomic E-state index is 11.7. The molecule has 0 saturated heterocycles. The molecule has 0 aliphatic heterocycles. The van der Waals surface area contributed by atoms with Crippen molar-refractivity contribution in [2.75, 3.05) is 38.2 Å². The highest BCUT2D eigenvalue weighted by Gasteiger charge is 2.05. The zero-order valence-electron chi connectivity index (χ0n) is 13.9. The lowest BCUT2D eigenvalue weighted by molar-refractivity contribution is 0.142. The van der Waals surface area contributed by atoms with Crippen molar-refractivity contribution >= 4 is 11.8 Å². The number of anilines is 1. The Labute approximate surface area is 133 Å². The van der Waals surface area contributed by atoms with E-state index in [1.54, 1.807) is 6.07 Å². The first-order chi connectivity index (χ1) is 10.7. The lowest BCUT2D eigenvalue weighted by Crippen LogP contribution is -2.28. The SMILES string of the molecule is CCCCOc1cccc(NC(=O)OCCN(CC)CC)c1. The molecule has 0 heterocycles. The van der Waals surface area contributed by atoms with Gasteiger partial charge in [-0.05, 0) is 31.6 Å². The molecule has 0 aliphatic rings. The van der Waals surface area contributed by atoms with Crippen LogP contribution in [0.3, 0.4) is 0 Å². The molecule has 0 atom stereocenters. The van der Waals surface area contributed by atoms with Crippen LogP contribution in [0, 0.1) is 0 Å². The zero-order chi connectivity index (χ0) is 16.2. The van der Waals surface area contributed by atoms with Crippen LogP contribution in [0.2, 0.25) is 0 Å². The number of likely N-dealkylation sites (N-methyl/N-ethyl adjacent to an activating group) is 1. The van der Waals surface area contributed by atoms with E-state index in [2.05, 4.69) is 31.0 Å². The Bertz CT molecular complexity index is 434. The number of nitrogens with zero attached hydrogens (tertiary/aromatic N) is 1. The fourth-order valence-corrected chi connectivity index (χ4v) is 1.96. The molecule has 0 aromatic heterocycles. The van der Waals surface area contributed by atoms with Crippen molar-refractivity contribution in [2.24, 2.45) is 0 Å². The van der Waals surface area contributed by atoms with Crippen molar-refractivity contribution in [1.29, 1.82) is 0 Å². The van der Waals surface area contributed by atoms with Gasteiger partial charge in [-0.15, -0.1) is 0 Å². The van der Waals surface area contributed by atoms with Gasteiger partial charge in [-0.2, -0.15) is 0 Å². The average molecular weight is 308 g/mol. The summed E-state index contributed by atoms with van der Waals surface area (Å²) in [6.07, 6.45) is 1.68. The van der Waals surface area contributed by atoms with Crippen molar-refractivity contribution in [2.45, 2.75) is 33.6 Å². The summed E-state index contributed by atoms with van der Waals surface area (Å²) in [5, 5.41) is 2.72. The molecule has 0 spiro atoms. The molecule has 0 unspecified atom stereocenters. The van der Waals surface area contributed by atoms with Crippen molar-refractivity contribution in [3.63, 3.8) is 0 Å². The molecule has 124 valence electrons. The van der Waals surface area contributed by atoms with Gasteiger partial charge < -0.3 is 14.4 Å². The standard InChI is InChI=1S/C17H28N2O3/c1-4-7-12-21-16-10-8-9-15(14-16)18-17(20)22-13-11-19(5-2)6-3/h8-10,14H,4-7,11-13H2,1-3H3,(H,18,20). The van der Waals surface area contributed by atoms with Crippen molar-refractivity contribution < 1.29 is 14.3 Å². The number of hydrogen-bond acceptors (Lipinski definition) is 4. The molecule has 0 bridgehead atoms. The van der Waals surface area contributed by atoms with Crippen molar-refractivity contribution in [3.8, 4) is 5.75 Å². The van der Waals surface area contributed by atoms with E-state index in [4.69, 9.17) is 9.47 Å². The smallest absolute Gasteiger partial charge is 0.411 e. The van der Waals surface area contributed by atoms with Gasteiger partial charge in [0.25, 0.3) is 0 Å². The summed E-state index contributed by atoms with van der Waals surface area (Å²) in [4.78, 5) is 14.0. The highest BCUT2D eigenvalue weighted by atomic mass is 16.5. The molecule has 1 rings (SSSR count). The Morgan fingerprint density at radius 3 is 2.64 bits per heavy atom. The summed E-state index contributed by atoms with van der Waals surface area (Å²) in [7, 11) is 0. The normalized spacial score (nSPS) is 10.5. The number of amides is 1. The van der Waals surface area contributed by atoms with Gasteiger partial charge in [0.2, 0.25) is 0 Å². The van der Waals surface area contributed by atoms with Gasteiger partial charge in [0.15, 0.2) is 0 Å². The minimum Gasteiger partial charge on any atom is -0.494 e. The van der Waals surface area contributed by atoms with E-state index in [0.717, 1.165) is 38.2 Å². The van der Waals surface area contributed by atoms with Crippen LogP contribution in [0.1, 0.15) is 33.6 Å². The average Bonchev–Trinajstić information content (AvgIpc) is 2.52. The predicted molar refractivity (Wildman–Crippen MR) is 89.6 cm³/mol. The van der Waals surface area contributed by atoms with Gasteiger partial charge in [-0.3, -0.25) is 5.32 Å². The molecule has 1 aromatic rings. The van der Waals surface area contributed by atoms with Crippen LogP contribution >= 0.6 is 0 Å². The second-order valence-corrected chi connectivity index (χ2v) is 5.02. The lowest BCUT2D eigenvalue weighted by Gasteiger charge is -2.17. The van der Waals surface area contributed by atoms with Crippen LogP contribution in [0.5, 0.6) is 5.75 Å². The summed E-state index contributed by atoms with van der Waals surface area (Å²) in [5.41, 5.74) is 0.682. The summed E-state index contributed by atoms with van der Waals surface area (Å²) in [6.45, 7) is 10.0. The fourth-order valence-electron chi connectivity index (χ4n) is 1.96. The molecule has 0 fully saturated rings. The Morgan fingerprint density at radius 2 is 1.95 bits per heavy atom. The van der Waals surface area contributed by atoms with E-state index in [-0.39, 0.29) is 0 Å². The third-order valence-electron chi connectivity index (χ3n) is 3.38. The maximum Gasteiger partial charge on any atom is 0.411 e. The highest BCUT2D eigenvalue weighted by molar-refractivity contribution is 5.84. The maximum atomic E-state index is 11.7. The third kappa shape index (κ3) is 7.31. The van der Waals surface area contributed by atoms with Crippen LogP contribution in [-0.4, -0.2) is 43.8 Å². The number of hydrogen-bond donors (Lipinski definition) is 1. The molecule has 5 nitrogen and oxygen atoms in total. The summed E-state index contributed by atoms with van der Waals surface area (Å²) in [5.74, 6) is 0.759. The van der Waals surface area contributed by atoms with Gasteiger partial charge >= 0.3 is 6.09 Å². The molecule has 22 heavy (non-hydrogen) atoms. The van der Waals surface area contributed by atoms with Crippen LogP contribution in [-0.2, 0) is 4.74 Å². The molecule has 1 aromatic carbocycles. The Hall–Kier alpha value is -1.75. The minimum atomic E-state index is -0.433. The first kappa shape index (κ1) is 18.3. The van der Waals surface area contributed by atoms with Crippen LogP contribution in [0.15, 0.2) is 24.3 Å². The lowest BCUT2D eigenvalue weighted by atomic mass is 10.3. The van der Waals surface area contributed by atoms with Gasteiger partial charge in [-0.1, -0.05) is 33.3 Å². The highest BCUT2D eigenvalue weighted by Crippen LogP contribution is 2.17. The molecule has 1 amide bonds. The zero-order valence-corrected chi connectivity index (χ0v) is 13.9. The monoisotopic (exact) mass is 308 g/mol. The Kier molecular flexibility index (Phi) is 9.07. The van der Waals surface area contributed by atoms with E-state index in [9.17, 15) is 4.79 Å². The number of rotatable bonds is 10. The number of carbonyl (C=O) groups excluding carboxylic acids is 1. The van der Waals surface area contributed by atoms with Gasteiger partial charge in [0.05, 0.1) is 6.61 Å². The van der Waals surface area contributed by atoms with Gasteiger partial charge in [0.1, 0.15) is 12.4 Å². The third-order valence-corrected chi connectivity index (χ3v) is 3.38. The summed E-state index contributed by atoms with van der Waals surface area (Å²) < 4.78 is 10.8. The first-order valence-corrected chi connectivity index (χ1v) is 8.08. The molecule has 0 radical (unpaired) electrons. The summed E-state index contributed by atoms with van der Waals surface area (Å²) in [6, 6.07) is 7.36. The largest absolute Gasteiger partial charge is 0.494 e. The number of unbranched alkanes of at least 4 members (excludes halogenated alkanes) is 1. The first-order valence-electron chi connectivity index (χ1n) is 8.08. The van der Waals surface area contributed by atoms with Crippen molar-refractivity contribution in [3.05, 3.63) is 24.3 Å². The minimum absolute atomic E-state index is 0.389. The molecule has 0 aliphatic carbocycles. The Balaban J connectivity index is 2.35. The number of nitrogens with one attached hydrogen (secondary N) is 1. The topological polar surface area (TPSA) is 50.8 Å². The van der Waals surface area contributed by atoms with E-state index < -0.39 is 6.09 Å². The molecule has 1 N–H and O–H groups in total. The Morgan fingerprint density at radius 1 is 1.18 bits per heavy atom. The van der Waals surface area contributed by atoms with Gasteiger partial charge in [0, 0.05) is 18.3 Å². The fraction of sp³-hybridized carbons (Fsp3) is 0.588. The second kappa shape index (κ2) is 10.9. The predicted octanol–water partition coefficient (Wildman–Crippen LogP) is 3.76. The van der Waals surface area contributed by atoms with E-state index >= 15 is 0 Å². The van der Waals surface area contributed by atoms with Crippen LogP contribution in [0.25, 0.3) is 0 Å². The summed E-state index contributed by atoms with van der Waals surface area (Å²) >= 11 is 0. The van der Waals surface area contributed by atoms with Crippen LogP contribution < -0.4 is 10.1 Å². The number of ether oxygens (including phenoxy) is 2.